The molecule has 4 nitrogen and oxygen atoms in total. The maximum Gasteiger partial charge on any atom is 0.269 e. The molecule has 0 aliphatic rings. The summed E-state index contributed by atoms with van der Waals surface area (Å²) < 4.78 is 0. The third-order valence-corrected chi connectivity index (χ3v) is 4.81. The minimum Gasteiger partial charge on any atom is -0.301 e. The molecule has 0 saturated carbocycles. The highest BCUT2D eigenvalue weighted by Crippen LogP contribution is 2.16. The molecule has 0 aliphatic heterocycles. The molecule has 0 fully saturated rings. The van der Waals surface area contributed by atoms with Gasteiger partial charge in [0.15, 0.2) is 0 Å². The first-order valence-electron chi connectivity index (χ1n) is 9.55. The van der Waals surface area contributed by atoms with Crippen molar-refractivity contribution in [1.82, 2.24) is 4.90 Å². The quantitative estimate of drug-likeness (QED) is 0.268. The van der Waals surface area contributed by atoms with Crippen molar-refractivity contribution >= 4 is 5.69 Å². The van der Waals surface area contributed by atoms with E-state index in [1.54, 1.807) is 12.1 Å². The molecule has 1 aromatic carbocycles. The van der Waals surface area contributed by atoms with Crippen LogP contribution in [0.3, 0.4) is 0 Å². The monoisotopic (exact) mass is 334 g/mol. The summed E-state index contributed by atoms with van der Waals surface area (Å²) in [5.41, 5.74) is 1.36. The summed E-state index contributed by atoms with van der Waals surface area (Å²) in [6.07, 6.45) is 9.98. The fraction of sp³-hybridized carbons (Fsp3) is 0.700. The first kappa shape index (κ1) is 20.6. The molecule has 0 radical (unpaired) electrons. The summed E-state index contributed by atoms with van der Waals surface area (Å²) in [7, 11) is 0. The van der Waals surface area contributed by atoms with E-state index in [0.29, 0.717) is 6.04 Å². The van der Waals surface area contributed by atoms with E-state index in [0.717, 1.165) is 19.4 Å². The molecule has 1 aromatic rings. The minimum absolute atomic E-state index is 0.173. The Kier molecular flexibility index (Phi) is 10.3. The Morgan fingerprint density at radius 3 is 2.29 bits per heavy atom. The first-order valence-corrected chi connectivity index (χ1v) is 9.55. The molecule has 136 valence electrons. The van der Waals surface area contributed by atoms with E-state index < -0.39 is 0 Å². The van der Waals surface area contributed by atoms with Gasteiger partial charge >= 0.3 is 0 Å². The molecular weight excluding hydrogens is 300 g/mol. The van der Waals surface area contributed by atoms with Gasteiger partial charge in [-0.3, -0.25) is 10.1 Å². The van der Waals surface area contributed by atoms with Gasteiger partial charge in [-0.25, -0.2) is 0 Å². The molecule has 4 heteroatoms. The van der Waals surface area contributed by atoms with Crippen LogP contribution in [0.2, 0.25) is 0 Å². The lowest BCUT2D eigenvalue weighted by molar-refractivity contribution is -0.384. The van der Waals surface area contributed by atoms with Crippen LogP contribution in [0, 0.1) is 10.1 Å². The van der Waals surface area contributed by atoms with Crippen molar-refractivity contribution < 1.29 is 4.92 Å². The van der Waals surface area contributed by atoms with Crippen LogP contribution in [-0.2, 0) is 6.42 Å². The zero-order valence-corrected chi connectivity index (χ0v) is 15.7. The first-order chi connectivity index (χ1) is 11.6. The Labute approximate surface area is 147 Å². The fourth-order valence-corrected chi connectivity index (χ4v) is 3.18. The van der Waals surface area contributed by atoms with Gasteiger partial charge in [0.25, 0.3) is 5.69 Å². The molecule has 0 aromatic heterocycles. The average molecular weight is 335 g/mol. The molecule has 0 spiro atoms. The van der Waals surface area contributed by atoms with E-state index in [9.17, 15) is 10.1 Å². The number of benzene rings is 1. The smallest absolute Gasteiger partial charge is 0.269 e. The fourth-order valence-electron chi connectivity index (χ4n) is 3.18. The Morgan fingerprint density at radius 1 is 1.04 bits per heavy atom. The predicted molar refractivity (Wildman–Crippen MR) is 102 cm³/mol. The third-order valence-electron chi connectivity index (χ3n) is 4.81. The Morgan fingerprint density at radius 2 is 1.71 bits per heavy atom. The average Bonchev–Trinajstić information content (AvgIpc) is 2.58. The second-order valence-corrected chi connectivity index (χ2v) is 6.71. The van der Waals surface area contributed by atoms with Crippen LogP contribution in [0.1, 0.15) is 71.3 Å². The number of rotatable bonds is 13. The number of nitro benzene ring substituents is 1. The van der Waals surface area contributed by atoms with E-state index in [4.69, 9.17) is 0 Å². The topological polar surface area (TPSA) is 46.4 Å². The van der Waals surface area contributed by atoms with Crippen LogP contribution in [0.5, 0.6) is 0 Å². The highest BCUT2D eigenvalue weighted by atomic mass is 16.6. The second kappa shape index (κ2) is 12.0. The normalized spacial score (nSPS) is 12.5. The van der Waals surface area contributed by atoms with Crippen molar-refractivity contribution in [3.63, 3.8) is 0 Å². The van der Waals surface area contributed by atoms with E-state index in [1.165, 1.54) is 50.6 Å². The third kappa shape index (κ3) is 7.91. The summed E-state index contributed by atoms with van der Waals surface area (Å²) >= 11 is 0. The molecule has 24 heavy (non-hydrogen) atoms. The van der Waals surface area contributed by atoms with E-state index in [-0.39, 0.29) is 10.6 Å². The lowest BCUT2D eigenvalue weighted by Crippen LogP contribution is -2.33. The molecule has 0 heterocycles. The molecule has 0 saturated heterocycles. The van der Waals surface area contributed by atoms with E-state index >= 15 is 0 Å². The van der Waals surface area contributed by atoms with Crippen LogP contribution in [-0.4, -0.2) is 29.0 Å². The Balaban J connectivity index is 2.27. The van der Waals surface area contributed by atoms with Gasteiger partial charge in [-0.2, -0.15) is 0 Å². The molecule has 0 N–H and O–H groups in total. The number of aryl methyl sites for hydroxylation is 1. The largest absolute Gasteiger partial charge is 0.301 e. The maximum absolute atomic E-state index is 10.7. The maximum atomic E-state index is 10.7. The van der Waals surface area contributed by atoms with Crippen molar-refractivity contribution in [2.75, 3.05) is 13.1 Å². The summed E-state index contributed by atoms with van der Waals surface area (Å²) in [4.78, 5) is 12.9. The van der Waals surface area contributed by atoms with E-state index in [1.807, 2.05) is 12.1 Å². The van der Waals surface area contributed by atoms with Gasteiger partial charge in [-0.1, -0.05) is 51.7 Å². The molecule has 1 rings (SSSR count). The number of unbranched alkanes of at least 4 members (excludes halogenated alkanes) is 4. The van der Waals surface area contributed by atoms with Gasteiger partial charge in [0, 0.05) is 18.2 Å². The Bertz CT molecular complexity index is 459. The van der Waals surface area contributed by atoms with Crippen LogP contribution in [0.25, 0.3) is 0 Å². The summed E-state index contributed by atoms with van der Waals surface area (Å²) in [6, 6.07) is 7.59. The van der Waals surface area contributed by atoms with Crippen molar-refractivity contribution in [3.05, 3.63) is 39.9 Å². The molecule has 0 bridgehead atoms. The number of non-ortho nitro benzene ring substituents is 1. The van der Waals surface area contributed by atoms with Gasteiger partial charge in [-0.05, 0) is 51.3 Å². The molecule has 1 atom stereocenters. The van der Waals surface area contributed by atoms with Crippen LogP contribution in [0.15, 0.2) is 24.3 Å². The number of hydrogen-bond donors (Lipinski definition) is 0. The SMILES string of the molecule is CCCCCCCN(CC)C(C)CCCc1ccc([N+](=O)[O-])cc1. The zero-order chi connectivity index (χ0) is 17.8. The van der Waals surface area contributed by atoms with Gasteiger partial charge in [-0.15, -0.1) is 0 Å². The van der Waals surface area contributed by atoms with Gasteiger partial charge in [0.1, 0.15) is 0 Å². The molecule has 1 unspecified atom stereocenters. The zero-order valence-electron chi connectivity index (χ0n) is 15.7. The van der Waals surface area contributed by atoms with Crippen molar-refractivity contribution in [1.29, 1.82) is 0 Å². The lowest BCUT2D eigenvalue weighted by atomic mass is 10.0. The number of hydrogen-bond acceptors (Lipinski definition) is 3. The summed E-state index contributed by atoms with van der Waals surface area (Å²) in [5, 5.41) is 10.7. The van der Waals surface area contributed by atoms with Crippen LogP contribution < -0.4 is 0 Å². The Hall–Kier alpha value is -1.42. The van der Waals surface area contributed by atoms with Crippen LogP contribution in [0.4, 0.5) is 5.69 Å². The molecule has 0 amide bonds. The van der Waals surface area contributed by atoms with Crippen molar-refractivity contribution in [3.8, 4) is 0 Å². The van der Waals surface area contributed by atoms with Gasteiger partial charge in [0.2, 0.25) is 0 Å². The highest BCUT2D eigenvalue weighted by molar-refractivity contribution is 5.32. The standard InChI is InChI=1S/C20H34N2O2/c1-4-6-7-8-9-17-21(5-2)18(3)11-10-12-19-13-15-20(16-14-19)22(23)24/h13-16,18H,4-12,17H2,1-3H3. The minimum atomic E-state index is -0.342. The summed E-state index contributed by atoms with van der Waals surface area (Å²) in [5.74, 6) is 0. The number of nitro groups is 1. The highest BCUT2D eigenvalue weighted by Gasteiger charge is 2.11. The number of nitrogens with zero attached hydrogens (tertiary/aromatic N) is 2. The van der Waals surface area contributed by atoms with E-state index in [2.05, 4.69) is 25.7 Å². The van der Waals surface area contributed by atoms with Crippen molar-refractivity contribution in [2.24, 2.45) is 0 Å². The lowest BCUT2D eigenvalue weighted by Gasteiger charge is -2.28. The molecule has 0 aliphatic carbocycles. The van der Waals surface area contributed by atoms with Crippen molar-refractivity contribution in [2.45, 2.75) is 78.2 Å². The van der Waals surface area contributed by atoms with Gasteiger partial charge in [0.05, 0.1) is 4.92 Å². The van der Waals surface area contributed by atoms with Gasteiger partial charge < -0.3 is 4.90 Å². The predicted octanol–water partition coefficient (Wildman–Crippen LogP) is 5.60. The van der Waals surface area contributed by atoms with Crippen LogP contribution >= 0.6 is 0 Å². The second-order valence-electron chi connectivity index (χ2n) is 6.71. The summed E-state index contributed by atoms with van der Waals surface area (Å²) in [6.45, 7) is 9.15. The molecular formula is C20H34N2O2.